The summed E-state index contributed by atoms with van der Waals surface area (Å²) in [5.41, 5.74) is 0. The maximum atomic E-state index is 12.8. The average Bonchev–Trinajstić information content (AvgIpc) is 3.28. The topological polar surface area (TPSA) is 78.9 Å². The van der Waals surface area contributed by atoms with Gasteiger partial charge in [0.2, 0.25) is 0 Å². The Morgan fingerprint density at radius 3 is 0.891 bits per heavy atom. The standard InChI is InChI=1S/C58H112O6/c1-6-8-9-10-11-12-13-14-15-20-23-30-35-40-45-50-58(61)64-55(52-63-57(60)49-44-39-34-29-25-24-27-32-37-42-47-54(5)7-2)51-62-56(59)48-43-38-33-28-22-19-17-16-18-21-26-31-36-41-46-53(3)4/h53-55H,6-52H2,1-5H3/t54?,55-/m0/s1. The maximum Gasteiger partial charge on any atom is 0.306 e. The van der Waals surface area contributed by atoms with E-state index in [-0.39, 0.29) is 31.1 Å². The molecule has 0 aromatic heterocycles. The van der Waals surface area contributed by atoms with Crippen LogP contribution in [-0.2, 0) is 28.6 Å². The van der Waals surface area contributed by atoms with Crippen molar-refractivity contribution in [1.29, 1.82) is 0 Å². The molecule has 1 unspecified atom stereocenters. The van der Waals surface area contributed by atoms with Crippen molar-refractivity contribution in [1.82, 2.24) is 0 Å². The molecule has 0 fully saturated rings. The summed E-state index contributed by atoms with van der Waals surface area (Å²) >= 11 is 0. The quantitative estimate of drug-likeness (QED) is 0.0344. The zero-order valence-electron chi connectivity index (χ0n) is 43.9. The highest BCUT2D eigenvalue weighted by atomic mass is 16.6. The van der Waals surface area contributed by atoms with Crippen LogP contribution in [0.2, 0.25) is 0 Å². The fourth-order valence-electron chi connectivity index (χ4n) is 8.84. The van der Waals surface area contributed by atoms with Crippen molar-refractivity contribution >= 4 is 17.9 Å². The van der Waals surface area contributed by atoms with Gasteiger partial charge in [0.1, 0.15) is 13.2 Å². The number of hydrogen-bond acceptors (Lipinski definition) is 6. The molecule has 0 saturated heterocycles. The summed E-state index contributed by atoms with van der Waals surface area (Å²) in [5, 5.41) is 0. The van der Waals surface area contributed by atoms with Gasteiger partial charge in [-0.05, 0) is 31.1 Å². The number of carbonyl (C=O) groups is 3. The Morgan fingerprint density at radius 2 is 0.594 bits per heavy atom. The molecule has 0 N–H and O–H groups in total. The summed E-state index contributed by atoms with van der Waals surface area (Å²) in [6.45, 7) is 11.4. The van der Waals surface area contributed by atoms with Gasteiger partial charge in [0, 0.05) is 19.3 Å². The van der Waals surface area contributed by atoms with Crippen LogP contribution in [0, 0.1) is 11.8 Å². The highest BCUT2D eigenvalue weighted by molar-refractivity contribution is 5.71. The third kappa shape index (κ3) is 49.8. The van der Waals surface area contributed by atoms with E-state index in [0.29, 0.717) is 19.3 Å². The van der Waals surface area contributed by atoms with E-state index in [0.717, 1.165) is 69.6 Å². The molecule has 0 aliphatic carbocycles. The monoisotopic (exact) mass is 905 g/mol. The summed E-state index contributed by atoms with van der Waals surface area (Å²) in [5.74, 6) is 0.875. The Morgan fingerprint density at radius 1 is 0.328 bits per heavy atom. The Labute approximate surface area is 399 Å². The van der Waals surface area contributed by atoms with Gasteiger partial charge in [0.05, 0.1) is 0 Å². The van der Waals surface area contributed by atoms with E-state index in [1.807, 2.05) is 0 Å². The fourth-order valence-corrected chi connectivity index (χ4v) is 8.84. The van der Waals surface area contributed by atoms with Crippen LogP contribution in [0.5, 0.6) is 0 Å². The number of carbonyl (C=O) groups excluding carboxylic acids is 3. The molecule has 380 valence electrons. The van der Waals surface area contributed by atoms with Crippen LogP contribution in [0.15, 0.2) is 0 Å². The third-order valence-corrected chi connectivity index (χ3v) is 13.6. The number of esters is 3. The Balaban J connectivity index is 4.31. The van der Waals surface area contributed by atoms with Crippen molar-refractivity contribution in [2.45, 2.75) is 330 Å². The summed E-state index contributed by atoms with van der Waals surface area (Å²) in [7, 11) is 0. The van der Waals surface area contributed by atoms with Crippen molar-refractivity contribution in [3.8, 4) is 0 Å². The smallest absolute Gasteiger partial charge is 0.306 e. The molecule has 0 aromatic rings. The minimum Gasteiger partial charge on any atom is -0.462 e. The molecule has 0 heterocycles. The Hall–Kier alpha value is -1.59. The van der Waals surface area contributed by atoms with Crippen molar-refractivity contribution in [2.75, 3.05) is 13.2 Å². The van der Waals surface area contributed by atoms with E-state index in [2.05, 4.69) is 34.6 Å². The summed E-state index contributed by atoms with van der Waals surface area (Å²) in [6, 6.07) is 0. The van der Waals surface area contributed by atoms with Gasteiger partial charge in [-0.3, -0.25) is 14.4 Å². The van der Waals surface area contributed by atoms with E-state index < -0.39 is 6.10 Å². The average molecular weight is 906 g/mol. The molecule has 6 heteroatoms. The zero-order chi connectivity index (χ0) is 46.8. The zero-order valence-corrected chi connectivity index (χ0v) is 43.9. The fraction of sp³-hybridized carbons (Fsp3) is 0.948. The van der Waals surface area contributed by atoms with E-state index in [9.17, 15) is 14.4 Å². The first-order valence-electron chi connectivity index (χ1n) is 28.8. The lowest BCUT2D eigenvalue weighted by molar-refractivity contribution is -0.167. The Kier molecular flexibility index (Phi) is 49.6. The first-order valence-corrected chi connectivity index (χ1v) is 28.8. The molecule has 0 bridgehead atoms. The number of rotatable bonds is 52. The van der Waals surface area contributed by atoms with Gasteiger partial charge < -0.3 is 14.2 Å². The van der Waals surface area contributed by atoms with Crippen LogP contribution < -0.4 is 0 Å². The van der Waals surface area contributed by atoms with Crippen molar-refractivity contribution in [2.24, 2.45) is 11.8 Å². The molecule has 6 nitrogen and oxygen atoms in total. The normalized spacial score (nSPS) is 12.5. The van der Waals surface area contributed by atoms with E-state index >= 15 is 0 Å². The molecule has 0 spiro atoms. The summed E-state index contributed by atoms with van der Waals surface area (Å²) < 4.78 is 16.9. The lowest BCUT2D eigenvalue weighted by Crippen LogP contribution is -2.30. The van der Waals surface area contributed by atoms with Gasteiger partial charge in [-0.25, -0.2) is 0 Å². The lowest BCUT2D eigenvalue weighted by atomic mass is 9.99. The van der Waals surface area contributed by atoms with E-state index in [1.54, 1.807) is 0 Å². The molecule has 0 amide bonds. The molecule has 0 aliphatic heterocycles. The largest absolute Gasteiger partial charge is 0.462 e. The predicted molar refractivity (Wildman–Crippen MR) is 275 cm³/mol. The number of ether oxygens (including phenoxy) is 3. The minimum atomic E-state index is -0.762. The first kappa shape index (κ1) is 62.4. The van der Waals surface area contributed by atoms with Crippen LogP contribution in [-0.4, -0.2) is 37.2 Å². The number of unbranched alkanes of at least 4 members (excludes halogenated alkanes) is 36. The van der Waals surface area contributed by atoms with Crippen molar-refractivity contribution in [3.05, 3.63) is 0 Å². The third-order valence-electron chi connectivity index (χ3n) is 13.6. The van der Waals surface area contributed by atoms with Crippen LogP contribution >= 0.6 is 0 Å². The van der Waals surface area contributed by atoms with Crippen LogP contribution in [0.25, 0.3) is 0 Å². The molecule has 0 saturated carbocycles. The second-order valence-electron chi connectivity index (χ2n) is 20.6. The van der Waals surface area contributed by atoms with Gasteiger partial charge in [-0.15, -0.1) is 0 Å². The lowest BCUT2D eigenvalue weighted by Gasteiger charge is -2.18. The van der Waals surface area contributed by atoms with Gasteiger partial charge in [-0.2, -0.15) is 0 Å². The minimum absolute atomic E-state index is 0.0628. The molecule has 0 rings (SSSR count). The van der Waals surface area contributed by atoms with E-state index in [4.69, 9.17) is 14.2 Å². The first-order chi connectivity index (χ1) is 31.3. The maximum absolute atomic E-state index is 12.8. The van der Waals surface area contributed by atoms with Crippen LogP contribution in [0.1, 0.15) is 324 Å². The van der Waals surface area contributed by atoms with Gasteiger partial charge in [0.15, 0.2) is 6.10 Å². The molecule has 0 radical (unpaired) electrons. The highest BCUT2D eigenvalue weighted by Crippen LogP contribution is 2.18. The Bertz CT molecular complexity index is 980. The second kappa shape index (κ2) is 50.8. The molecule has 2 atom stereocenters. The SMILES string of the molecule is CCCCCCCCCCCCCCCCCC(=O)O[C@@H](COC(=O)CCCCCCCCCCCCCCCCC(C)C)COC(=O)CCCCCCCCCCCCC(C)CC. The van der Waals surface area contributed by atoms with Crippen molar-refractivity contribution < 1.29 is 28.6 Å². The van der Waals surface area contributed by atoms with Gasteiger partial charge >= 0.3 is 17.9 Å². The van der Waals surface area contributed by atoms with Gasteiger partial charge in [-0.1, -0.05) is 285 Å². The molecular weight excluding hydrogens is 793 g/mol. The van der Waals surface area contributed by atoms with Crippen LogP contribution in [0.3, 0.4) is 0 Å². The molecule has 64 heavy (non-hydrogen) atoms. The van der Waals surface area contributed by atoms with Gasteiger partial charge in [0.25, 0.3) is 0 Å². The second-order valence-corrected chi connectivity index (χ2v) is 20.6. The molecular formula is C58H112O6. The molecule has 0 aromatic carbocycles. The number of hydrogen-bond donors (Lipinski definition) is 0. The predicted octanol–water partition coefficient (Wildman–Crippen LogP) is 18.9. The highest BCUT2D eigenvalue weighted by Gasteiger charge is 2.19. The van der Waals surface area contributed by atoms with Crippen LogP contribution in [0.4, 0.5) is 0 Å². The summed E-state index contributed by atoms with van der Waals surface area (Å²) in [4.78, 5) is 38.1. The summed E-state index contributed by atoms with van der Waals surface area (Å²) in [6.07, 6.45) is 53.7. The van der Waals surface area contributed by atoms with E-state index in [1.165, 1.54) is 212 Å². The molecule has 0 aliphatic rings. The van der Waals surface area contributed by atoms with Crippen molar-refractivity contribution in [3.63, 3.8) is 0 Å².